The maximum absolute atomic E-state index is 12.8. The number of anilines is 1. The highest BCUT2D eigenvalue weighted by Crippen LogP contribution is 2.27. The van der Waals surface area contributed by atoms with Crippen LogP contribution >= 0.6 is 22.7 Å². The molecule has 0 spiro atoms. The molecule has 3 heterocycles. The van der Waals surface area contributed by atoms with Crippen molar-refractivity contribution in [1.29, 1.82) is 0 Å². The van der Waals surface area contributed by atoms with Gasteiger partial charge in [0.1, 0.15) is 9.84 Å². The van der Waals surface area contributed by atoms with Crippen molar-refractivity contribution < 1.29 is 0 Å². The van der Waals surface area contributed by atoms with Crippen LogP contribution in [0.4, 0.5) is 5.69 Å². The maximum Gasteiger partial charge on any atom is 0.284 e. The molecule has 0 fully saturated rings. The number of aromatic nitrogens is 3. The van der Waals surface area contributed by atoms with Crippen LogP contribution in [-0.2, 0) is 6.54 Å². The van der Waals surface area contributed by atoms with Crippen molar-refractivity contribution >= 4 is 43.5 Å². The number of fused-ring (bicyclic) bond motifs is 2. The van der Waals surface area contributed by atoms with E-state index < -0.39 is 0 Å². The highest BCUT2D eigenvalue weighted by atomic mass is 32.1. The average molecular weight is 371 g/mol. The van der Waals surface area contributed by atoms with Crippen LogP contribution in [0.3, 0.4) is 0 Å². The van der Waals surface area contributed by atoms with Gasteiger partial charge in [-0.25, -0.2) is 4.98 Å². The van der Waals surface area contributed by atoms with Crippen LogP contribution in [0.25, 0.3) is 15.2 Å². The van der Waals surface area contributed by atoms with Gasteiger partial charge in [-0.05, 0) is 50.5 Å². The van der Waals surface area contributed by atoms with Gasteiger partial charge in [0.05, 0.1) is 11.9 Å². The molecule has 0 bridgehead atoms. The zero-order valence-corrected chi connectivity index (χ0v) is 16.1. The van der Waals surface area contributed by atoms with E-state index in [2.05, 4.69) is 41.4 Å². The first kappa shape index (κ1) is 16.2. The quantitative estimate of drug-likeness (QED) is 0.587. The molecule has 3 aromatic heterocycles. The Balaban J connectivity index is 1.72. The monoisotopic (exact) mass is 370 g/mol. The van der Waals surface area contributed by atoms with Crippen molar-refractivity contribution in [2.75, 3.05) is 5.32 Å². The van der Waals surface area contributed by atoms with Crippen molar-refractivity contribution in [3.05, 3.63) is 55.1 Å². The number of rotatable bonds is 3. The summed E-state index contributed by atoms with van der Waals surface area (Å²) in [6.07, 6.45) is 0. The lowest BCUT2D eigenvalue weighted by molar-refractivity contribution is 0.873. The normalized spacial score (nSPS) is 11.5. The minimum Gasteiger partial charge on any atom is -0.378 e. The number of nitrogens with zero attached hydrogens (tertiary/aromatic N) is 3. The van der Waals surface area contributed by atoms with Gasteiger partial charge >= 0.3 is 0 Å². The Kier molecular flexibility index (Phi) is 3.85. The van der Waals surface area contributed by atoms with E-state index in [4.69, 9.17) is 0 Å². The van der Waals surface area contributed by atoms with E-state index in [9.17, 15) is 4.79 Å². The molecular weight excluding hydrogens is 352 g/mol. The lowest BCUT2D eigenvalue weighted by Gasteiger charge is -2.09. The van der Waals surface area contributed by atoms with E-state index in [1.54, 1.807) is 11.3 Å². The predicted molar refractivity (Wildman–Crippen MR) is 105 cm³/mol. The molecule has 0 saturated carbocycles. The number of hydrogen-bond donors (Lipinski definition) is 1. The van der Waals surface area contributed by atoms with Crippen LogP contribution in [0.1, 0.15) is 26.6 Å². The standard InChI is InChI=1S/C18H18N4OS2/c1-9-6-5-7-13(10(9)2)19-8-14-21-22-17(23)15-11(3)12(4)24-16(15)20-18(22)25-14/h5-7,19H,8H2,1-4H3. The molecule has 4 aromatic rings. The first-order valence-electron chi connectivity index (χ1n) is 8.04. The van der Waals surface area contributed by atoms with Gasteiger partial charge < -0.3 is 5.32 Å². The zero-order chi connectivity index (χ0) is 17.7. The SMILES string of the molecule is Cc1cccc(NCc2nn3c(=O)c4c(C)c(C)sc4nc3s2)c1C. The summed E-state index contributed by atoms with van der Waals surface area (Å²) in [5.41, 5.74) is 4.50. The molecule has 0 unspecified atom stereocenters. The van der Waals surface area contributed by atoms with Gasteiger partial charge in [-0.15, -0.1) is 11.3 Å². The van der Waals surface area contributed by atoms with Crippen LogP contribution in [0.15, 0.2) is 23.0 Å². The number of thiophene rings is 1. The van der Waals surface area contributed by atoms with Crippen LogP contribution in [-0.4, -0.2) is 14.6 Å². The molecule has 0 aliphatic carbocycles. The second-order valence-corrected chi connectivity index (χ2v) is 8.42. The highest BCUT2D eigenvalue weighted by molar-refractivity contribution is 7.19. The fourth-order valence-corrected chi connectivity index (χ4v) is 4.75. The van der Waals surface area contributed by atoms with Crippen molar-refractivity contribution in [2.24, 2.45) is 0 Å². The highest BCUT2D eigenvalue weighted by Gasteiger charge is 2.16. The van der Waals surface area contributed by atoms with Crippen molar-refractivity contribution in [1.82, 2.24) is 14.6 Å². The van der Waals surface area contributed by atoms with Crippen molar-refractivity contribution in [2.45, 2.75) is 34.2 Å². The summed E-state index contributed by atoms with van der Waals surface area (Å²) in [6, 6.07) is 6.19. The zero-order valence-electron chi connectivity index (χ0n) is 14.5. The number of aryl methyl sites for hydroxylation is 3. The Morgan fingerprint density at radius 1 is 1.12 bits per heavy atom. The van der Waals surface area contributed by atoms with Gasteiger partial charge in [-0.3, -0.25) is 4.79 Å². The fourth-order valence-electron chi connectivity index (χ4n) is 2.84. The summed E-state index contributed by atoms with van der Waals surface area (Å²) in [4.78, 5) is 20.0. The largest absolute Gasteiger partial charge is 0.378 e. The minimum absolute atomic E-state index is 0.0731. The Hall–Kier alpha value is -2.25. The van der Waals surface area contributed by atoms with Crippen molar-refractivity contribution in [3.8, 4) is 0 Å². The third-order valence-electron chi connectivity index (χ3n) is 4.61. The summed E-state index contributed by atoms with van der Waals surface area (Å²) in [5.74, 6) is 0. The molecule has 0 atom stereocenters. The van der Waals surface area contributed by atoms with Gasteiger partial charge in [-0.1, -0.05) is 23.5 Å². The molecular formula is C18H18N4OS2. The molecule has 0 aliphatic rings. The van der Waals surface area contributed by atoms with Gasteiger partial charge in [0, 0.05) is 10.6 Å². The number of benzene rings is 1. The molecule has 25 heavy (non-hydrogen) atoms. The van der Waals surface area contributed by atoms with Gasteiger partial charge in [0.25, 0.3) is 5.56 Å². The van der Waals surface area contributed by atoms with E-state index in [1.165, 1.54) is 27.0 Å². The molecule has 0 amide bonds. The Labute approximate surface area is 153 Å². The summed E-state index contributed by atoms with van der Waals surface area (Å²) in [7, 11) is 0. The van der Waals surface area contributed by atoms with E-state index in [0.717, 1.165) is 26.0 Å². The third kappa shape index (κ3) is 2.63. The summed E-state index contributed by atoms with van der Waals surface area (Å²) >= 11 is 3.03. The lowest BCUT2D eigenvalue weighted by atomic mass is 10.1. The minimum atomic E-state index is -0.0731. The van der Waals surface area contributed by atoms with Gasteiger partial charge in [0.2, 0.25) is 4.96 Å². The molecule has 0 radical (unpaired) electrons. The average Bonchev–Trinajstić information content (AvgIpc) is 3.11. The first-order chi connectivity index (χ1) is 12.0. The van der Waals surface area contributed by atoms with Crippen molar-refractivity contribution in [3.63, 3.8) is 0 Å². The summed E-state index contributed by atoms with van der Waals surface area (Å²) in [5, 5.41) is 9.43. The second-order valence-electron chi connectivity index (χ2n) is 6.17. The first-order valence-corrected chi connectivity index (χ1v) is 9.67. The second kappa shape index (κ2) is 5.93. The number of nitrogens with one attached hydrogen (secondary N) is 1. The Bertz CT molecular complexity index is 1170. The lowest BCUT2D eigenvalue weighted by Crippen LogP contribution is -2.15. The van der Waals surface area contributed by atoms with E-state index in [-0.39, 0.29) is 5.56 Å². The van der Waals surface area contributed by atoms with Crippen LogP contribution < -0.4 is 10.9 Å². The van der Waals surface area contributed by atoms with Crippen LogP contribution in [0.5, 0.6) is 0 Å². The maximum atomic E-state index is 12.8. The number of hydrogen-bond acceptors (Lipinski definition) is 6. The molecule has 4 rings (SSSR count). The molecule has 0 saturated heterocycles. The van der Waals surface area contributed by atoms with E-state index >= 15 is 0 Å². The predicted octanol–water partition coefficient (Wildman–Crippen LogP) is 4.21. The summed E-state index contributed by atoms with van der Waals surface area (Å²) < 4.78 is 1.44. The molecule has 1 N–H and O–H groups in total. The van der Waals surface area contributed by atoms with E-state index in [0.29, 0.717) is 16.9 Å². The Morgan fingerprint density at radius 2 is 1.92 bits per heavy atom. The van der Waals surface area contributed by atoms with Gasteiger partial charge in [-0.2, -0.15) is 9.61 Å². The van der Waals surface area contributed by atoms with Crippen LogP contribution in [0.2, 0.25) is 0 Å². The van der Waals surface area contributed by atoms with E-state index in [1.807, 2.05) is 19.9 Å². The molecule has 5 nitrogen and oxygen atoms in total. The summed E-state index contributed by atoms with van der Waals surface area (Å²) in [6.45, 7) is 8.76. The molecule has 7 heteroatoms. The molecule has 1 aromatic carbocycles. The molecule has 0 aliphatic heterocycles. The smallest absolute Gasteiger partial charge is 0.284 e. The van der Waals surface area contributed by atoms with Gasteiger partial charge in [0.15, 0.2) is 0 Å². The van der Waals surface area contributed by atoms with Crippen LogP contribution in [0, 0.1) is 27.7 Å². The topological polar surface area (TPSA) is 59.3 Å². The fraction of sp³-hybridized carbons (Fsp3) is 0.278. The molecule has 128 valence electrons. The Morgan fingerprint density at radius 3 is 2.72 bits per heavy atom. The third-order valence-corrected chi connectivity index (χ3v) is 6.62.